The molecule has 0 spiro atoms. The topological polar surface area (TPSA) is 78.9 Å². The third-order valence-electron chi connectivity index (χ3n) is 11.0. The fraction of sp³-hybridized carbons (Fsp3) is 0.623. The van der Waals surface area contributed by atoms with E-state index in [1.54, 1.807) is 0 Å². The molecule has 0 radical (unpaired) electrons. The molecule has 1 atom stereocenters. The summed E-state index contributed by atoms with van der Waals surface area (Å²) in [7, 11) is 0. The van der Waals surface area contributed by atoms with Gasteiger partial charge in [0.05, 0.1) is 0 Å². The molecule has 0 bridgehead atoms. The molecule has 6 nitrogen and oxygen atoms in total. The minimum absolute atomic E-state index is 0.0995. The number of rotatable bonds is 47. The second-order valence-corrected chi connectivity index (χ2v) is 17.5. The molecule has 0 aromatic rings. The summed E-state index contributed by atoms with van der Waals surface area (Å²) in [5, 5.41) is 0. The maximum Gasteiger partial charge on any atom is 0.306 e. The van der Waals surface area contributed by atoms with Crippen LogP contribution >= 0.6 is 0 Å². The molecule has 378 valence electrons. The Morgan fingerprint density at radius 1 is 0.328 bits per heavy atom. The zero-order valence-corrected chi connectivity index (χ0v) is 43.1. The molecule has 0 aromatic carbocycles. The maximum atomic E-state index is 12.8. The SMILES string of the molecule is CC/C=C\C/C=C\C/C=C\CCCCCCCCCCCC(=O)OCC(COC(=O)CCCCCCC/C=C\C/C=C\CC)OC(=O)CCCCCCC\C=C/C=C\C=C/C=C\C=C/CCC. The molecule has 0 rings (SSSR count). The molecule has 0 saturated heterocycles. The lowest BCUT2D eigenvalue weighted by Crippen LogP contribution is -2.30. The average Bonchev–Trinajstić information content (AvgIpc) is 3.33. The van der Waals surface area contributed by atoms with Crippen LogP contribution < -0.4 is 0 Å². The van der Waals surface area contributed by atoms with E-state index in [2.05, 4.69) is 118 Å². The summed E-state index contributed by atoms with van der Waals surface area (Å²) < 4.78 is 16.8. The molecule has 0 aliphatic rings. The first-order valence-electron chi connectivity index (χ1n) is 27.1. The number of hydrogen-bond acceptors (Lipinski definition) is 6. The van der Waals surface area contributed by atoms with Crippen LogP contribution in [0.4, 0.5) is 0 Å². The number of hydrogen-bond donors (Lipinski definition) is 0. The number of unbranched alkanes of at least 4 members (excludes halogenated alkanes) is 20. The highest BCUT2D eigenvalue weighted by Gasteiger charge is 2.19. The second-order valence-electron chi connectivity index (χ2n) is 17.5. The van der Waals surface area contributed by atoms with E-state index < -0.39 is 6.10 Å². The van der Waals surface area contributed by atoms with Gasteiger partial charge in [-0.1, -0.05) is 232 Å². The average molecular weight is 927 g/mol. The van der Waals surface area contributed by atoms with Gasteiger partial charge < -0.3 is 14.2 Å². The highest BCUT2D eigenvalue weighted by atomic mass is 16.6. The van der Waals surface area contributed by atoms with Gasteiger partial charge in [0, 0.05) is 19.3 Å². The zero-order chi connectivity index (χ0) is 48.6. The molecule has 0 N–H and O–H groups in total. The first kappa shape index (κ1) is 62.8. The van der Waals surface area contributed by atoms with Gasteiger partial charge in [0.15, 0.2) is 6.10 Å². The number of ether oxygens (including phenoxy) is 3. The van der Waals surface area contributed by atoms with E-state index in [0.29, 0.717) is 19.3 Å². The molecule has 0 amide bonds. The van der Waals surface area contributed by atoms with Crippen molar-refractivity contribution in [3.8, 4) is 0 Å². The minimum atomic E-state index is -0.803. The predicted octanol–water partition coefficient (Wildman–Crippen LogP) is 18.1. The van der Waals surface area contributed by atoms with Gasteiger partial charge in [-0.3, -0.25) is 14.4 Å². The second kappa shape index (κ2) is 54.4. The van der Waals surface area contributed by atoms with Crippen LogP contribution in [0, 0.1) is 0 Å². The van der Waals surface area contributed by atoms with E-state index in [-0.39, 0.29) is 31.1 Å². The Morgan fingerprint density at radius 3 is 1.04 bits per heavy atom. The predicted molar refractivity (Wildman–Crippen MR) is 288 cm³/mol. The fourth-order valence-corrected chi connectivity index (χ4v) is 7.05. The van der Waals surface area contributed by atoms with Crippen molar-refractivity contribution in [3.05, 3.63) is 122 Å². The van der Waals surface area contributed by atoms with Crippen LogP contribution in [0.25, 0.3) is 0 Å². The lowest BCUT2D eigenvalue weighted by Gasteiger charge is -2.18. The summed E-state index contributed by atoms with van der Waals surface area (Å²) in [4.78, 5) is 38.1. The Balaban J connectivity index is 4.46. The lowest BCUT2D eigenvalue weighted by molar-refractivity contribution is -0.167. The standard InChI is InChI=1S/C61H98O6/c1-4-7-10-13-16-19-22-25-27-29-31-33-34-36-39-42-45-48-51-54-60(63)66-57-58(56-65-59(62)53-50-47-44-41-38-24-21-18-15-12-9-6-3)67-61(64)55-52-49-46-43-40-37-35-32-30-28-26-23-20-17-14-11-8-5-2/h7,9-12,14,16-21,23,25-28,30,32,35,58H,4-6,8,13,15,22,24,29,31,33-34,36-57H2,1-3H3/b10-7-,12-9-,14-11-,19-16-,20-17-,21-18-,26-23-,27-25-,30-28-,35-32-. The molecule has 0 saturated carbocycles. The lowest BCUT2D eigenvalue weighted by atomic mass is 10.1. The van der Waals surface area contributed by atoms with Gasteiger partial charge in [-0.05, 0) is 96.3 Å². The molecular formula is C61H98O6. The summed E-state index contributed by atoms with van der Waals surface area (Å²) in [5.41, 5.74) is 0. The Bertz CT molecular complexity index is 1440. The summed E-state index contributed by atoms with van der Waals surface area (Å²) in [5.74, 6) is -0.950. The minimum Gasteiger partial charge on any atom is -0.462 e. The number of carbonyl (C=O) groups is 3. The van der Waals surface area contributed by atoms with E-state index in [1.165, 1.54) is 51.4 Å². The first-order chi connectivity index (χ1) is 33.0. The Labute approximate surface area is 412 Å². The van der Waals surface area contributed by atoms with E-state index >= 15 is 0 Å². The number of esters is 3. The maximum absolute atomic E-state index is 12.8. The summed E-state index contributed by atoms with van der Waals surface area (Å²) in [6.45, 7) is 6.28. The van der Waals surface area contributed by atoms with Gasteiger partial charge in [-0.15, -0.1) is 0 Å². The van der Waals surface area contributed by atoms with Crippen molar-refractivity contribution in [3.63, 3.8) is 0 Å². The quantitative estimate of drug-likeness (QED) is 0.0199. The molecule has 0 fully saturated rings. The van der Waals surface area contributed by atoms with Gasteiger partial charge in [0.1, 0.15) is 13.2 Å². The van der Waals surface area contributed by atoms with Crippen molar-refractivity contribution in [2.75, 3.05) is 13.2 Å². The fourth-order valence-electron chi connectivity index (χ4n) is 7.05. The monoisotopic (exact) mass is 927 g/mol. The number of allylic oxidation sites excluding steroid dienone is 20. The third-order valence-corrected chi connectivity index (χ3v) is 11.0. The highest BCUT2D eigenvalue weighted by Crippen LogP contribution is 2.14. The highest BCUT2D eigenvalue weighted by molar-refractivity contribution is 5.71. The van der Waals surface area contributed by atoms with Gasteiger partial charge in [0.25, 0.3) is 0 Å². The van der Waals surface area contributed by atoms with E-state index in [1.807, 2.05) is 24.3 Å². The Hall–Kier alpha value is -4.19. The summed E-state index contributed by atoms with van der Waals surface area (Å²) in [6, 6.07) is 0. The van der Waals surface area contributed by atoms with Crippen LogP contribution in [0.3, 0.4) is 0 Å². The van der Waals surface area contributed by atoms with Crippen molar-refractivity contribution in [2.24, 2.45) is 0 Å². The Kier molecular flexibility index (Phi) is 51.0. The van der Waals surface area contributed by atoms with Gasteiger partial charge >= 0.3 is 17.9 Å². The van der Waals surface area contributed by atoms with Gasteiger partial charge in [-0.2, -0.15) is 0 Å². The summed E-state index contributed by atoms with van der Waals surface area (Å²) in [6.07, 6.45) is 74.6. The van der Waals surface area contributed by atoms with Crippen molar-refractivity contribution >= 4 is 17.9 Å². The molecule has 0 aromatic heterocycles. The van der Waals surface area contributed by atoms with Crippen LogP contribution in [0.15, 0.2) is 122 Å². The largest absolute Gasteiger partial charge is 0.462 e. The van der Waals surface area contributed by atoms with Crippen LogP contribution in [-0.4, -0.2) is 37.2 Å². The zero-order valence-electron chi connectivity index (χ0n) is 43.1. The number of carbonyl (C=O) groups excluding carboxylic acids is 3. The van der Waals surface area contributed by atoms with Crippen molar-refractivity contribution < 1.29 is 28.6 Å². The molecular weight excluding hydrogens is 829 g/mol. The van der Waals surface area contributed by atoms with Gasteiger partial charge in [0.2, 0.25) is 0 Å². The molecule has 67 heavy (non-hydrogen) atoms. The van der Waals surface area contributed by atoms with Crippen molar-refractivity contribution in [1.82, 2.24) is 0 Å². The van der Waals surface area contributed by atoms with Crippen LogP contribution in [0.5, 0.6) is 0 Å². The van der Waals surface area contributed by atoms with E-state index in [0.717, 1.165) is 135 Å². The van der Waals surface area contributed by atoms with E-state index in [9.17, 15) is 14.4 Å². The van der Waals surface area contributed by atoms with Crippen LogP contribution in [0.1, 0.15) is 226 Å². The smallest absolute Gasteiger partial charge is 0.306 e. The Morgan fingerprint density at radius 2 is 0.642 bits per heavy atom. The molecule has 0 aliphatic carbocycles. The van der Waals surface area contributed by atoms with Crippen LogP contribution in [0.2, 0.25) is 0 Å². The summed E-state index contributed by atoms with van der Waals surface area (Å²) >= 11 is 0. The van der Waals surface area contributed by atoms with Gasteiger partial charge in [-0.25, -0.2) is 0 Å². The van der Waals surface area contributed by atoms with Crippen molar-refractivity contribution in [1.29, 1.82) is 0 Å². The third kappa shape index (κ3) is 52.6. The van der Waals surface area contributed by atoms with Crippen molar-refractivity contribution in [2.45, 2.75) is 232 Å². The molecule has 0 heterocycles. The molecule has 1 unspecified atom stereocenters. The molecule has 0 aliphatic heterocycles. The normalized spacial score (nSPS) is 13.1. The van der Waals surface area contributed by atoms with E-state index in [4.69, 9.17) is 14.2 Å². The molecule has 6 heteroatoms. The first-order valence-corrected chi connectivity index (χ1v) is 27.1. The van der Waals surface area contributed by atoms with Crippen LogP contribution in [-0.2, 0) is 28.6 Å².